The van der Waals surface area contributed by atoms with Crippen molar-refractivity contribution in [1.82, 2.24) is 19.4 Å². The lowest BCUT2D eigenvalue weighted by atomic mass is 10.3. The molecule has 0 amide bonds. The molecule has 2 N–H and O–H groups in total. The van der Waals surface area contributed by atoms with Gasteiger partial charge in [0.1, 0.15) is 5.52 Å². The van der Waals surface area contributed by atoms with Crippen molar-refractivity contribution in [3.05, 3.63) is 17.8 Å². The molecule has 104 valence electrons. The average Bonchev–Trinajstić information content (AvgIpc) is 2.72. The predicted molar refractivity (Wildman–Crippen MR) is 79.1 cm³/mol. The van der Waals surface area contributed by atoms with Gasteiger partial charge in [0.05, 0.1) is 0 Å². The zero-order valence-electron chi connectivity index (χ0n) is 12.1. The van der Waals surface area contributed by atoms with E-state index in [4.69, 9.17) is 5.73 Å². The number of nitrogen functional groups attached to an aromatic ring is 1. The van der Waals surface area contributed by atoms with Crippen LogP contribution >= 0.6 is 0 Å². The van der Waals surface area contributed by atoms with Gasteiger partial charge < -0.3 is 10.6 Å². The lowest BCUT2D eigenvalue weighted by Crippen LogP contribution is -2.28. The first-order valence-electron chi connectivity index (χ1n) is 6.97. The predicted octanol–water partition coefficient (Wildman–Crippen LogP) is 2.05. The van der Waals surface area contributed by atoms with E-state index in [-0.39, 0.29) is 0 Å². The molecule has 0 aliphatic heterocycles. The molecule has 0 spiro atoms. The molecule has 2 aromatic heterocycles. The zero-order chi connectivity index (χ0) is 13.8. The number of pyridine rings is 1. The first kappa shape index (κ1) is 13.8. The van der Waals surface area contributed by atoms with Crippen LogP contribution in [0.5, 0.6) is 0 Å². The lowest BCUT2D eigenvalue weighted by Gasteiger charge is -2.19. The van der Waals surface area contributed by atoms with E-state index in [2.05, 4.69) is 28.7 Å². The monoisotopic (exact) mass is 261 g/mol. The Kier molecular flexibility index (Phi) is 4.37. The number of fused-ring (bicyclic) bond motifs is 1. The molecule has 5 nitrogen and oxygen atoms in total. The molecule has 0 saturated carbocycles. The van der Waals surface area contributed by atoms with Crippen LogP contribution in [0.3, 0.4) is 0 Å². The van der Waals surface area contributed by atoms with Crippen molar-refractivity contribution in [1.29, 1.82) is 0 Å². The molecule has 2 rings (SSSR count). The van der Waals surface area contributed by atoms with Gasteiger partial charge in [0, 0.05) is 19.3 Å². The van der Waals surface area contributed by atoms with E-state index in [1.807, 2.05) is 23.8 Å². The van der Waals surface area contributed by atoms with Crippen LogP contribution in [0.4, 0.5) is 5.95 Å². The lowest BCUT2D eigenvalue weighted by molar-refractivity contribution is 0.278. The highest BCUT2D eigenvalue weighted by molar-refractivity contribution is 5.77. The number of aromatic nitrogens is 3. The summed E-state index contributed by atoms with van der Waals surface area (Å²) in [5, 5.41) is 0. The van der Waals surface area contributed by atoms with E-state index >= 15 is 0 Å². The summed E-state index contributed by atoms with van der Waals surface area (Å²) in [5.41, 5.74) is 8.95. The summed E-state index contributed by atoms with van der Waals surface area (Å²) in [7, 11) is 0. The van der Waals surface area contributed by atoms with Gasteiger partial charge in [0.15, 0.2) is 5.65 Å². The molecule has 0 bridgehead atoms. The Morgan fingerprint density at radius 2 is 2.11 bits per heavy atom. The van der Waals surface area contributed by atoms with Crippen LogP contribution in [0.25, 0.3) is 11.2 Å². The first-order valence-corrected chi connectivity index (χ1v) is 6.97. The Balaban J connectivity index is 2.21. The third kappa shape index (κ3) is 2.87. The van der Waals surface area contributed by atoms with E-state index in [9.17, 15) is 0 Å². The maximum absolute atomic E-state index is 6.02. The van der Waals surface area contributed by atoms with Crippen LogP contribution in [-0.4, -0.2) is 39.1 Å². The van der Waals surface area contributed by atoms with Crippen molar-refractivity contribution in [2.45, 2.75) is 33.7 Å². The number of likely N-dealkylation sites (N-methyl/N-ethyl adjacent to an activating group) is 1. The van der Waals surface area contributed by atoms with Crippen molar-refractivity contribution in [2.75, 3.05) is 25.4 Å². The Morgan fingerprint density at radius 1 is 1.32 bits per heavy atom. The molecule has 0 aliphatic rings. The molecule has 0 unspecified atom stereocenters. The van der Waals surface area contributed by atoms with E-state index < -0.39 is 0 Å². The quantitative estimate of drug-likeness (QED) is 0.864. The molecule has 0 fully saturated rings. The summed E-state index contributed by atoms with van der Waals surface area (Å²) < 4.78 is 2.01. The fourth-order valence-electron chi connectivity index (χ4n) is 2.36. The molecule has 2 aromatic rings. The maximum Gasteiger partial charge on any atom is 0.202 e. The molecule has 5 heteroatoms. The molecule has 0 aromatic carbocycles. The van der Waals surface area contributed by atoms with Gasteiger partial charge in [-0.05, 0) is 38.1 Å². The van der Waals surface area contributed by atoms with Gasteiger partial charge in [-0.25, -0.2) is 9.97 Å². The van der Waals surface area contributed by atoms with Gasteiger partial charge in [-0.3, -0.25) is 4.57 Å². The van der Waals surface area contributed by atoms with Crippen LogP contribution in [-0.2, 0) is 6.54 Å². The highest BCUT2D eigenvalue weighted by atomic mass is 15.2. The summed E-state index contributed by atoms with van der Waals surface area (Å²) in [6, 6.07) is 1.97. The summed E-state index contributed by atoms with van der Waals surface area (Å²) in [6.07, 6.45) is 2.99. The number of hydrogen-bond acceptors (Lipinski definition) is 4. The second kappa shape index (κ2) is 6.02. The highest BCUT2D eigenvalue weighted by Crippen LogP contribution is 2.18. The summed E-state index contributed by atoms with van der Waals surface area (Å²) >= 11 is 0. The third-order valence-electron chi connectivity index (χ3n) is 3.49. The molecule has 0 atom stereocenters. The highest BCUT2D eigenvalue weighted by Gasteiger charge is 2.11. The Morgan fingerprint density at radius 3 is 2.79 bits per heavy atom. The fraction of sp³-hybridized carbons (Fsp3) is 0.571. The second-order valence-corrected chi connectivity index (χ2v) is 4.86. The smallest absolute Gasteiger partial charge is 0.202 e. The van der Waals surface area contributed by atoms with Crippen LogP contribution in [0.1, 0.15) is 25.8 Å². The van der Waals surface area contributed by atoms with Crippen molar-refractivity contribution < 1.29 is 0 Å². The van der Waals surface area contributed by atoms with Crippen molar-refractivity contribution in [3.63, 3.8) is 0 Å². The number of rotatable bonds is 6. The Labute approximate surface area is 114 Å². The number of nitrogens with two attached hydrogens (primary N) is 1. The SMILES string of the molecule is CCCN(CC)CCn1c(N)nc2c(C)ccnc21. The summed E-state index contributed by atoms with van der Waals surface area (Å²) in [4.78, 5) is 11.3. The van der Waals surface area contributed by atoms with Gasteiger partial charge in [-0.15, -0.1) is 0 Å². The summed E-state index contributed by atoms with van der Waals surface area (Å²) in [5.74, 6) is 0.560. The first-order chi connectivity index (χ1) is 9.17. The van der Waals surface area contributed by atoms with E-state index in [1.165, 1.54) is 6.42 Å². The normalized spacial score (nSPS) is 11.6. The van der Waals surface area contributed by atoms with Gasteiger partial charge in [0.2, 0.25) is 5.95 Å². The fourth-order valence-corrected chi connectivity index (χ4v) is 2.36. The van der Waals surface area contributed by atoms with E-state index in [0.29, 0.717) is 5.95 Å². The van der Waals surface area contributed by atoms with Crippen molar-refractivity contribution in [3.8, 4) is 0 Å². The number of hydrogen-bond donors (Lipinski definition) is 1. The minimum absolute atomic E-state index is 0.560. The van der Waals surface area contributed by atoms with Gasteiger partial charge >= 0.3 is 0 Å². The minimum Gasteiger partial charge on any atom is -0.369 e. The largest absolute Gasteiger partial charge is 0.369 e. The molecular formula is C14H23N5. The third-order valence-corrected chi connectivity index (χ3v) is 3.49. The number of nitrogens with zero attached hydrogens (tertiary/aromatic N) is 4. The van der Waals surface area contributed by atoms with Crippen LogP contribution in [0.15, 0.2) is 12.3 Å². The van der Waals surface area contributed by atoms with Crippen LogP contribution in [0.2, 0.25) is 0 Å². The average molecular weight is 261 g/mol. The molecule has 2 heterocycles. The van der Waals surface area contributed by atoms with Crippen LogP contribution in [0, 0.1) is 6.92 Å². The number of aryl methyl sites for hydroxylation is 1. The minimum atomic E-state index is 0.560. The molecule has 0 saturated heterocycles. The second-order valence-electron chi connectivity index (χ2n) is 4.86. The topological polar surface area (TPSA) is 60.0 Å². The number of anilines is 1. The maximum atomic E-state index is 6.02. The van der Waals surface area contributed by atoms with Gasteiger partial charge in [-0.2, -0.15) is 0 Å². The van der Waals surface area contributed by atoms with Crippen molar-refractivity contribution in [2.24, 2.45) is 0 Å². The molecule has 0 aliphatic carbocycles. The molecule has 0 radical (unpaired) electrons. The molecule has 19 heavy (non-hydrogen) atoms. The summed E-state index contributed by atoms with van der Waals surface area (Å²) in [6.45, 7) is 10.4. The van der Waals surface area contributed by atoms with E-state index in [0.717, 1.165) is 42.9 Å². The Hall–Kier alpha value is -1.62. The molecular weight excluding hydrogens is 238 g/mol. The number of imidazole rings is 1. The zero-order valence-corrected chi connectivity index (χ0v) is 12.1. The van der Waals surface area contributed by atoms with E-state index in [1.54, 1.807) is 0 Å². The van der Waals surface area contributed by atoms with Gasteiger partial charge in [-0.1, -0.05) is 13.8 Å². The van der Waals surface area contributed by atoms with Crippen LogP contribution < -0.4 is 5.73 Å². The Bertz CT molecular complexity index is 546. The van der Waals surface area contributed by atoms with Gasteiger partial charge in [0.25, 0.3) is 0 Å². The van der Waals surface area contributed by atoms with Crippen molar-refractivity contribution >= 4 is 17.1 Å². The standard InChI is InChI=1S/C14H23N5/c1-4-8-18(5-2)9-10-19-13-12(17-14(19)15)11(3)6-7-16-13/h6-7H,4-5,8-10H2,1-3H3,(H2,15,17).